The zero-order chi connectivity index (χ0) is 12.9. The van der Waals surface area contributed by atoms with Gasteiger partial charge in [0.1, 0.15) is 0 Å². The second kappa shape index (κ2) is 4.37. The molecule has 1 heterocycles. The van der Waals surface area contributed by atoms with Crippen LogP contribution in [0.4, 0.5) is 26.3 Å². The van der Waals surface area contributed by atoms with Crippen LogP contribution in [0.5, 0.6) is 0 Å². The van der Waals surface area contributed by atoms with Gasteiger partial charge in [0.15, 0.2) is 0 Å². The number of rotatable bonds is 1. The number of halogens is 6. The van der Waals surface area contributed by atoms with E-state index in [9.17, 15) is 26.3 Å². The molecule has 0 saturated carbocycles. The monoisotopic (exact) mass is 447 g/mol. The maximum Gasteiger partial charge on any atom is 0.360 e. The molecule has 0 atom stereocenters. The third kappa shape index (κ3) is 1.88. The van der Waals surface area contributed by atoms with Gasteiger partial charge in [-0.1, -0.05) is 11.8 Å². The van der Waals surface area contributed by atoms with E-state index in [0.717, 1.165) is 18.3 Å². The Bertz CT molecular complexity index is 471. The average molecular weight is 447 g/mol. The van der Waals surface area contributed by atoms with Crippen molar-refractivity contribution in [2.75, 3.05) is 0 Å². The summed E-state index contributed by atoms with van der Waals surface area (Å²) in [6, 6.07) is 3.50. The summed E-state index contributed by atoms with van der Waals surface area (Å²) in [7, 11) is 0. The third-order valence-corrected chi connectivity index (χ3v) is 2.31. The van der Waals surface area contributed by atoms with E-state index in [1.165, 1.54) is 12.1 Å². The van der Waals surface area contributed by atoms with Crippen molar-refractivity contribution in [2.45, 2.75) is 17.8 Å². The number of hydrogen-bond donors (Lipinski definition) is 0. The van der Waals surface area contributed by atoms with E-state index >= 15 is 0 Å². The van der Waals surface area contributed by atoms with Gasteiger partial charge in [0.2, 0.25) is 0 Å². The molecule has 0 unspecified atom stereocenters. The molecule has 1 aliphatic rings. The van der Waals surface area contributed by atoms with Crippen molar-refractivity contribution in [3.8, 4) is 0 Å². The first-order chi connectivity index (χ1) is 7.70. The fourth-order valence-electron chi connectivity index (χ4n) is 1.40. The maximum absolute atomic E-state index is 13.2. The quantitative estimate of drug-likeness (QED) is 0.476. The Morgan fingerprint density at radius 3 is 2.00 bits per heavy atom. The van der Waals surface area contributed by atoms with Gasteiger partial charge in [0.05, 0.1) is 0 Å². The van der Waals surface area contributed by atoms with Gasteiger partial charge in [0.25, 0.3) is 5.92 Å². The smallest absolute Gasteiger partial charge is 0.351 e. The van der Waals surface area contributed by atoms with Crippen molar-refractivity contribution in [3.63, 3.8) is 0 Å². The second-order valence-corrected chi connectivity index (χ2v) is 3.44. The molecule has 1 aliphatic carbocycles. The molecule has 102 valence electrons. The van der Waals surface area contributed by atoms with E-state index < -0.39 is 29.0 Å². The number of allylic oxidation sites excluding steroid dienone is 2. The molecule has 0 spiro atoms. The molecule has 0 radical (unpaired) electrons. The zero-order valence-corrected chi connectivity index (χ0v) is 10.6. The van der Waals surface area contributed by atoms with E-state index in [1.54, 1.807) is 0 Å². The van der Waals surface area contributed by atoms with Gasteiger partial charge >= 0.3 is 11.8 Å². The predicted molar refractivity (Wildman–Crippen MR) is 45.7 cm³/mol. The normalized spacial score (nSPS) is 23.1. The molecule has 18 heavy (non-hydrogen) atoms. The van der Waals surface area contributed by atoms with E-state index in [0.29, 0.717) is 0 Å². The Morgan fingerprint density at radius 2 is 1.61 bits per heavy atom. The van der Waals surface area contributed by atoms with Crippen LogP contribution in [0.3, 0.4) is 0 Å². The Kier molecular flexibility index (Phi) is 3.69. The minimum absolute atomic E-state index is 0. The van der Waals surface area contributed by atoms with Crippen LogP contribution in [-0.4, -0.2) is 22.8 Å². The van der Waals surface area contributed by atoms with Gasteiger partial charge in [-0.3, -0.25) is 0 Å². The average Bonchev–Trinajstić information content (AvgIpc) is 2.37. The Balaban J connectivity index is 0.00000162. The van der Waals surface area contributed by atoms with Gasteiger partial charge in [-0.05, 0) is 6.07 Å². The van der Waals surface area contributed by atoms with Crippen LogP contribution in [-0.2, 0) is 21.1 Å². The Morgan fingerprint density at radius 1 is 1.00 bits per heavy atom. The number of pyridine rings is 1. The summed E-state index contributed by atoms with van der Waals surface area (Å²) in [6.07, 6.45) is 1.88. The largest absolute Gasteiger partial charge is 0.360 e. The minimum atomic E-state index is -5.49. The summed E-state index contributed by atoms with van der Waals surface area (Å²) < 4.78 is 77.6. The Hall–Kier alpha value is -0.842. The summed E-state index contributed by atoms with van der Waals surface area (Å²) in [5.74, 6) is -15.5. The van der Waals surface area contributed by atoms with Crippen LogP contribution in [0.15, 0.2) is 24.4 Å². The zero-order valence-electron chi connectivity index (χ0n) is 8.34. The van der Waals surface area contributed by atoms with Gasteiger partial charge in [-0.25, -0.2) is 8.78 Å². The molecular formula is C10H4F6NPt-. The molecule has 0 saturated heterocycles. The van der Waals surface area contributed by atoms with Gasteiger partial charge in [-0.2, -0.15) is 23.6 Å². The number of alkyl halides is 6. The molecule has 0 bridgehead atoms. The van der Waals surface area contributed by atoms with E-state index in [-0.39, 0.29) is 21.1 Å². The third-order valence-electron chi connectivity index (χ3n) is 2.31. The predicted octanol–water partition coefficient (Wildman–Crippen LogP) is 3.19. The van der Waals surface area contributed by atoms with Crippen LogP contribution in [0.25, 0.3) is 5.57 Å². The van der Waals surface area contributed by atoms with Crippen LogP contribution >= 0.6 is 0 Å². The fourth-order valence-corrected chi connectivity index (χ4v) is 1.40. The molecular weight excluding hydrogens is 443 g/mol. The van der Waals surface area contributed by atoms with Gasteiger partial charge in [0, 0.05) is 27.3 Å². The number of aromatic nitrogens is 1. The van der Waals surface area contributed by atoms with E-state index in [4.69, 9.17) is 0 Å². The molecule has 0 fully saturated rings. The summed E-state index contributed by atoms with van der Waals surface area (Å²) in [5, 5.41) is 0. The van der Waals surface area contributed by atoms with E-state index in [1.807, 2.05) is 0 Å². The topological polar surface area (TPSA) is 12.9 Å². The van der Waals surface area contributed by atoms with Crippen LogP contribution in [0.1, 0.15) is 5.69 Å². The van der Waals surface area contributed by atoms with Crippen molar-refractivity contribution in [3.05, 3.63) is 36.2 Å². The molecule has 0 amide bonds. The van der Waals surface area contributed by atoms with Crippen LogP contribution in [0, 0.1) is 6.08 Å². The molecule has 1 nitrogen and oxygen atoms in total. The standard InChI is InChI=1S/C10H4F6N.Pt/c11-8(12)5-6(7-3-1-2-4-17-7)9(13,14)10(8,15)16;/h1-4H;/q-1;. The molecule has 1 aromatic heterocycles. The van der Waals surface area contributed by atoms with Crippen molar-refractivity contribution >= 4 is 5.57 Å². The number of hydrogen-bond acceptors (Lipinski definition) is 1. The van der Waals surface area contributed by atoms with E-state index in [2.05, 4.69) is 4.98 Å². The molecule has 0 aliphatic heterocycles. The van der Waals surface area contributed by atoms with Crippen LogP contribution < -0.4 is 0 Å². The summed E-state index contributed by atoms with van der Waals surface area (Å²) in [5.41, 5.74) is -2.22. The van der Waals surface area contributed by atoms with Crippen LogP contribution in [0.2, 0.25) is 0 Å². The molecule has 0 aromatic carbocycles. The van der Waals surface area contributed by atoms with Crippen molar-refractivity contribution in [1.29, 1.82) is 0 Å². The molecule has 0 N–H and O–H groups in total. The summed E-state index contributed by atoms with van der Waals surface area (Å²) in [4.78, 5) is 3.34. The van der Waals surface area contributed by atoms with Crippen molar-refractivity contribution in [1.82, 2.24) is 4.98 Å². The Labute approximate surface area is 112 Å². The SMILES string of the molecule is FC1(F)[C-]=C(c2ccccn2)C(F)(F)C1(F)F.[Pt]. The number of nitrogens with zero attached hydrogens (tertiary/aromatic N) is 1. The summed E-state index contributed by atoms with van der Waals surface area (Å²) in [6.45, 7) is 0. The first kappa shape index (κ1) is 15.2. The summed E-state index contributed by atoms with van der Waals surface area (Å²) >= 11 is 0. The minimum Gasteiger partial charge on any atom is -0.351 e. The first-order valence-electron chi connectivity index (χ1n) is 4.40. The molecule has 1 aromatic rings. The first-order valence-corrected chi connectivity index (χ1v) is 4.40. The molecule has 2 rings (SSSR count). The van der Waals surface area contributed by atoms with Gasteiger partial charge < -0.3 is 4.98 Å². The maximum atomic E-state index is 13.2. The fraction of sp³-hybridized carbons (Fsp3) is 0.300. The van der Waals surface area contributed by atoms with Crippen molar-refractivity contribution < 1.29 is 47.4 Å². The van der Waals surface area contributed by atoms with Crippen molar-refractivity contribution in [2.24, 2.45) is 0 Å². The second-order valence-electron chi connectivity index (χ2n) is 3.44. The van der Waals surface area contributed by atoms with Gasteiger partial charge in [-0.15, -0.1) is 11.6 Å². The molecule has 8 heteroatoms.